The number of rotatable bonds is 2. The Hall–Kier alpha value is -1.22. The number of aliphatic hydroxyl groups is 1. The summed E-state index contributed by atoms with van der Waals surface area (Å²) in [4.78, 5) is 2.13. The molecule has 13 heavy (non-hydrogen) atoms. The fourth-order valence-corrected chi connectivity index (χ4v) is 1.81. The van der Waals surface area contributed by atoms with Crippen LogP contribution in [0, 0.1) is 0 Å². The summed E-state index contributed by atoms with van der Waals surface area (Å²) in [6.45, 7) is 1.80. The van der Waals surface area contributed by atoms with Crippen molar-refractivity contribution >= 4 is 5.69 Å². The van der Waals surface area contributed by atoms with E-state index in [-0.39, 0.29) is 6.61 Å². The minimum atomic E-state index is 0.181. The van der Waals surface area contributed by atoms with Crippen LogP contribution in [0.1, 0.15) is 5.56 Å². The van der Waals surface area contributed by atoms with E-state index < -0.39 is 0 Å². The molecule has 0 spiro atoms. The van der Waals surface area contributed by atoms with Crippen LogP contribution in [0.25, 0.3) is 0 Å². The van der Waals surface area contributed by atoms with Gasteiger partial charge in [-0.05, 0) is 30.2 Å². The molecule has 0 fully saturated rings. The smallest absolute Gasteiger partial charge is 0.116 e. The molecule has 0 bridgehead atoms. The predicted molar refractivity (Wildman–Crippen MR) is 51.1 cm³/mol. The maximum atomic E-state index is 9.24. The van der Waals surface area contributed by atoms with Crippen LogP contribution in [-0.2, 0) is 6.42 Å². The van der Waals surface area contributed by atoms with Crippen LogP contribution in [0.3, 0.4) is 0 Å². The largest absolute Gasteiger partial charge is 0.508 e. The summed E-state index contributed by atoms with van der Waals surface area (Å²) >= 11 is 0. The molecule has 1 aromatic rings. The molecule has 0 saturated heterocycles. The molecule has 0 aromatic heterocycles. The van der Waals surface area contributed by atoms with Gasteiger partial charge < -0.3 is 15.1 Å². The van der Waals surface area contributed by atoms with Crippen molar-refractivity contribution in [1.29, 1.82) is 0 Å². The van der Waals surface area contributed by atoms with E-state index in [0.717, 1.165) is 18.7 Å². The van der Waals surface area contributed by atoms with Crippen molar-refractivity contribution in [3.05, 3.63) is 23.8 Å². The zero-order valence-electron chi connectivity index (χ0n) is 7.40. The summed E-state index contributed by atoms with van der Waals surface area (Å²) in [5.74, 6) is 0.324. The number of aliphatic hydroxyl groups excluding tert-OH is 1. The fourth-order valence-electron chi connectivity index (χ4n) is 1.81. The van der Waals surface area contributed by atoms with Gasteiger partial charge in [0.25, 0.3) is 0 Å². The van der Waals surface area contributed by atoms with Crippen molar-refractivity contribution in [2.75, 3.05) is 24.6 Å². The predicted octanol–water partition coefficient (Wildman–Crippen LogP) is 0.747. The standard InChI is InChI=1S/C10H13NO2/c12-6-5-11-4-3-8-7-9(13)1-2-10(8)11/h1-2,7,12-13H,3-6H2. The number of nitrogens with zero attached hydrogens (tertiary/aromatic N) is 1. The number of fused-ring (bicyclic) bond motifs is 1. The van der Waals surface area contributed by atoms with Gasteiger partial charge in [0.1, 0.15) is 5.75 Å². The van der Waals surface area contributed by atoms with E-state index in [2.05, 4.69) is 4.90 Å². The molecule has 0 atom stereocenters. The quantitative estimate of drug-likeness (QED) is 0.704. The van der Waals surface area contributed by atoms with Gasteiger partial charge in [0, 0.05) is 18.8 Å². The number of hydrogen-bond donors (Lipinski definition) is 2. The van der Waals surface area contributed by atoms with Crippen LogP contribution in [0.2, 0.25) is 0 Å². The highest BCUT2D eigenvalue weighted by molar-refractivity contribution is 5.59. The number of aromatic hydroxyl groups is 1. The summed E-state index contributed by atoms with van der Waals surface area (Å²) in [7, 11) is 0. The molecule has 3 heteroatoms. The van der Waals surface area contributed by atoms with Crippen LogP contribution in [-0.4, -0.2) is 29.9 Å². The normalized spacial score (nSPS) is 14.7. The van der Waals surface area contributed by atoms with E-state index in [9.17, 15) is 5.11 Å². The Balaban J connectivity index is 2.27. The Kier molecular flexibility index (Phi) is 2.10. The molecule has 1 aliphatic rings. The number of benzene rings is 1. The summed E-state index contributed by atoms with van der Waals surface area (Å²) in [5.41, 5.74) is 2.32. The molecular weight excluding hydrogens is 166 g/mol. The molecule has 0 unspecified atom stereocenters. The van der Waals surface area contributed by atoms with Crippen molar-refractivity contribution in [1.82, 2.24) is 0 Å². The Morgan fingerprint density at radius 3 is 3.00 bits per heavy atom. The number of anilines is 1. The lowest BCUT2D eigenvalue weighted by Crippen LogP contribution is -2.23. The Morgan fingerprint density at radius 2 is 2.23 bits per heavy atom. The SMILES string of the molecule is OCCN1CCc2cc(O)ccc21. The molecule has 0 amide bonds. The second kappa shape index (κ2) is 3.26. The highest BCUT2D eigenvalue weighted by Gasteiger charge is 2.18. The van der Waals surface area contributed by atoms with Crippen LogP contribution in [0.5, 0.6) is 5.75 Å². The molecule has 1 aliphatic heterocycles. The maximum Gasteiger partial charge on any atom is 0.116 e. The fraction of sp³-hybridized carbons (Fsp3) is 0.400. The third-order valence-electron chi connectivity index (χ3n) is 2.42. The number of β-amino-alcohol motifs (C(OH)–C–C–N with tert-alkyl or cyclic N) is 1. The van der Waals surface area contributed by atoms with E-state index in [1.54, 1.807) is 12.1 Å². The van der Waals surface area contributed by atoms with Crippen LogP contribution < -0.4 is 4.90 Å². The van der Waals surface area contributed by atoms with E-state index in [4.69, 9.17) is 5.11 Å². The highest BCUT2D eigenvalue weighted by Crippen LogP contribution is 2.30. The van der Waals surface area contributed by atoms with Gasteiger partial charge in [-0.1, -0.05) is 0 Å². The van der Waals surface area contributed by atoms with E-state index in [0.29, 0.717) is 12.3 Å². The Labute approximate surface area is 77.2 Å². The highest BCUT2D eigenvalue weighted by atomic mass is 16.3. The lowest BCUT2D eigenvalue weighted by Gasteiger charge is -2.17. The average molecular weight is 179 g/mol. The summed E-state index contributed by atoms with van der Waals surface area (Å²) in [6.07, 6.45) is 0.962. The van der Waals surface area contributed by atoms with Crippen molar-refractivity contribution < 1.29 is 10.2 Å². The van der Waals surface area contributed by atoms with Gasteiger partial charge in [0.05, 0.1) is 6.61 Å². The van der Waals surface area contributed by atoms with Crippen molar-refractivity contribution in [2.45, 2.75) is 6.42 Å². The lowest BCUT2D eigenvalue weighted by atomic mass is 10.1. The molecule has 0 aliphatic carbocycles. The van der Waals surface area contributed by atoms with Crippen LogP contribution in [0.15, 0.2) is 18.2 Å². The van der Waals surface area contributed by atoms with Gasteiger partial charge >= 0.3 is 0 Å². The van der Waals surface area contributed by atoms with Crippen molar-refractivity contribution in [3.8, 4) is 5.75 Å². The minimum absolute atomic E-state index is 0.181. The van der Waals surface area contributed by atoms with Crippen molar-refractivity contribution in [2.24, 2.45) is 0 Å². The third kappa shape index (κ3) is 1.47. The van der Waals surface area contributed by atoms with E-state index in [1.165, 1.54) is 5.56 Å². The molecule has 0 radical (unpaired) electrons. The average Bonchev–Trinajstić information content (AvgIpc) is 2.49. The van der Waals surface area contributed by atoms with E-state index >= 15 is 0 Å². The van der Waals surface area contributed by atoms with Gasteiger partial charge in [-0.3, -0.25) is 0 Å². The third-order valence-corrected chi connectivity index (χ3v) is 2.42. The maximum absolute atomic E-state index is 9.24. The zero-order valence-corrected chi connectivity index (χ0v) is 7.40. The van der Waals surface area contributed by atoms with Crippen LogP contribution in [0.4, 0.5) is 5.69 Å². The van der Waals surface area contributed by atoms with Gasteiger partial charge in [-0.2, -0.15) is 0 Å². The van der Waals surface area contributed by atoms with E-state index in [1.807, 2.05) is 6.07 Å². The molecular formula is C10H13NO2. The molecule has 2 rings (SSSR count). The van der Waals surface area contributed by atoms with Gasteiger partial charge in [-0.25, -0.2) is 0 Å². The first-order valence-corrected chi connectivity index (χ1v) is 4.49. The first-order chi connectivity index (χ1) is 6.31. The van der Waals surface area contributed by atoms with Crippen molar-refractivity contribution in [3.63, 3.8) is 0 Å². The molecule has 70 valence electrons. The first-order valence-electron chi connectivity index (χ1n) is 4.49. The lowest BCUT2D eigenvalue weighted by molar-refractivity contribution is 0.303. The summed E-state index contributed by atoms with van der Waals surface area (Å²) < 4.78 is 0. The zero-order chi connectivity index (χ0) is 9.26. The second-order valence-electron chi connectivity index (χ2n) is 3.27. The molecule has 1 aromatic carbocycles. The van der Waals surface area contributed by atoms with Crippen LogP contribution >= 0.6 is 0 Å². The second-order valence-corrected chi connectivity index (χ2v) is 3.27. The van der Waals surface area contributed by atoms with Gasteiger partial charge in [0.15, 0.2) is 0 Å². The first kappa shape index (κ1) is 8.38. The number of phenols is 1. The molecule has 0 saturated carbocycles. The number of phenolic OH excluding ortho intramolecular Hbond substituents is 1. The Bertz CT molecular complexity index is 312. The van der Waals surface area contributed by atoms with Gasteiger partial charge in [0.2, 0.25) is 0 Å². The Morgan fingerprint density at radius 1 is 1.38 bits per heavy atom. The molecule has 1 heterocycles. The molecule has 3 nitrogen and oxygen atoms in total. The minimum Gasteiger partial charge on any atom is -0.508 e. The number of hydrogen-bond acceptors (Lipinski definition) is 3. The summed E-state index contributed by atoms with van der Waals surface area (Å²) in [6, 6.07) is 5.40. The summed E-state index contributed by atoms with van der Waals surface area (Å²) in [5, 5.41) is 18.1. The monoisotopic (exact) mass is 179 g/mol. The molecule has 2 N–H and O–H groups in total. The topological polar surface area (TPSA) is 43.7 Å². The van der Waals surface area contributed by atoms with Gasteiger partial charge in [-0.15, -0.1) is 0 Å².